The zero-order chi connectivity index (χ0) is 9.26. The zero-order valence-electron chi connectivity index (χ0n) is 7.02. The van der Waals surface area contributed by atoms with E-state index in [0.717, 1.165) is 11.1 Å². The topological polar surface area (TPSA) is 55.5 Å². The molecule has 0 fully saturated rings. The van der Waals surface area contributed by atoms with E-state index >= 15 is 0 Å². The molecule has 2 aromatic rings. The number of aryl methyl sites for hydroxylation is 1. The summed E-state index contributed by atoms with van der Waals surface area (Å²) in [6, 6.07) is 3.51. The number of furan rings is 1. The molecular weight excluding hydrogens is 169 g/mol. The predicted octanol–water partition coefficient (Wildman–Crippen LogP) is 1.04. The van der Waals surface area contributed by atoms with Crippen LogP contribution in [0.25, 0.3) is 11.0 Å². The smallest absolute Gasteiger partial charge is 0.510 e. The molecular formula is C8H7BNO3. The van der Waals surface area contributed by atoms with Crippen LogP contribution in [0.1, 0.15) is 5.69 Å². The highest BCUT2D eigenvalue weighted by Gasteiger charge is 2.06. The minimum Gasteiger partial charge on any atom is -0.510 e. The Kier molecular flexibility index (Phi) is 1.94. The molecule has 2 rings (SSSR count). The van der Waals surface area contributed by atoms with E-state index in [1.807, 2.05) is 13.0 Å². The molecule has 4 nitrogen and oxygen atoms in total. The Morgan fingerprint density at radius 3 is 3.15 bits per heavy atom. The quantitative estimate of drug-likeness (QED) is 0.694. The molecule has 0 saturated heterocycles. The summed E-state index contributed by atoms with van der Waals surface area (Å²) in [5.74, 6) is 0.258. The number of nitrogens with zero attached hydrogens (tertiary/aromatic N) is 1. The lowest BCUT2D eigenvalue weighted by Crippen LogP contribution is -1.97. The van der Waals surface area contributed by atoms with Gasteiger partial charge in [-0.3, -0.25) is 4.98 Å². The Balaban J connectivity index is 2.55. The van der Waals surface area contributed by atoms with E-state index in [4.69, 9.17) is 9.44 Å². The van der Waals surface area contributed by atoms with E-state index < -0.39 is 0 Å². The fourth-order valence-corrected chi connectivity index (χ4v) is 1.19. The standard InChI is InChI=1S/C8H7BNO3/c1-5-8-6(2-3-10-5)4-7(12-8)13-9-11/h2-4,11H,1H3. The predicted molar refractivity (Wildman–Crippen MR) is 47.3 cm³/mol. The molecule has 0 spiro atoms. The molecule has 0 aromatic carbocycles. The molecule has 0 saturated carbocycles. The van der Waals surface area contributed by atoms with Crippen LogP contribution < -0.4 is 4.65 Å². The second-order valence-corrected chi connectivity index (χ2v) is 2.60. The van der Waals surface area contributed by atoms with Gasteiger partial charge in [-0.15, -0.1) is 0 Å². The lowest BCUT2D eigenvalue weighted by atomic mass is 10.3. The maximum Gasteiger partial charge on any atom is 0.571 e. The summed E-state index contributed by atoms with van der Waals surface area (Å²) in [5, 5.41) is 9.30. The van der Waals surface area contributed by atoms with Gasteiger partial charge in [0, 0.05) is 17.6 Å². The summed E-state index contributed by atoms with van der Waals surface area (Å²) in [6.45, 7) is 1.85. The van der Waals surface area contributed by atoms with Crippen LogP contribution in [-0.2, 0) is 0 Å². The Morgan fingerprint density at radius 1 is 1.62 bits per heavy atom. The molecule has 0 unspecified atom stereocenters. The van der Waals surface area contributed by atoms with Crippen LogP contribution in [0.3, 0.4) is 0 Å². The van der Waals surface area contributed by atoms with Crippen LogP contribution in [0, 0.1) is 6.92 Å². The molecule has 5 heteroatoms. The second-order valence-electron chi connectivity index (χ2n) is 2.60. The molecule has 13 heavy (non-hydrogen) atoms. The van der Waals surface area contributed by atoms with E-state index in [9.17, 15) is 0 Å². The van der Waals surface area contributed by atoms with Gasteiger partial charge in [-0.2, -0.15) is 0 Å². The summed E-state index contributed by atoms with van der Waals surface area (Å²) in [5.41, 5.74) is 1.48. The number of hydrogen-bond acceptors (Lipinski definition) is 4. The Labute approximate surface area is 75.5 Å². The van der Waals surface area contributed by atoms with Crippen molar-refractivity contribution >= 4 is 18.7 Å². The Hall–Kier alpha value is -1.49. The normalized spacial score (nSPS) is 10.3. The van der Waals surface area contributed by atoms with Crippen LogP contribution in [-0.4, -0.2) is 17.7 Å². The van der Waals surface area contributed by atoms with Gasteiger partial charge >= 0.3 is 7.69 Å². The maximum absolute atomic E-state index is 8.39. The van der Waals surface area contributed by atoms with Gasteiger partial charge in [-0.1, -0.05) is 0 Å². The van der Waals surface area contributed by atoms with Gasteiger partial charge in [-0.05, 0) is 13.0 Å². The molecule has 0 bridgehead atoms. The molecule has 0 atom stereocenters. The highest BCUT2D eigenvalue weighted by molar-refractivity contribution is 6.17. The van der Waals surface area contributed by atoms with E-state index in [-0.39, 0.29) is 5.95 Å². The summed E-state index contributed by atoms with van der Waals surface area (Å²) < 4.78 is 9.95. The van der Waals surface area contributed by atoms with Crippen molar-refractivity contribution in [2.24, 2.45) is 0 Å². The van der Waals surface area contributed by atoms with Crippen molar-refractivity contribution in [3.05, 3.63) is 24.0 Å². The van der Waals surface area contributed by atoms with Gasteiger partial charge in [0.05, 0.1) is 5.69 Å². The summed E-state index contributed by atoms with van der Waals surface area (Å²) >= 11 is 0. The first-order valence-electron chi connectivity index (χ1n) is 3.79. The third-order valence-corrected chi connectivity index (χ3v) is 1.76. The number of hydrogen-bond donors (Lipinski definition) is 1. The number of rotatable bonds is 2. The number of pyridine rings is 1. The molecule has 1 N–H and O–H groups in total. The zero-order valence-corrected chi connectivity index (χ0v) is 7.02. The van der Waals surface area contributed by atoms with Gasteiger partial charge in [0.1, 0.15) is 0 Å². The molecule has 0 aliphatic heterocycles. The molecule has 2 aromatic heterocycles. The van der Waals surface area contributed by atoms with Crippen LogP contribution in [0.5, 0.6) is 5.95 Å². The third-order valence-electron chi connectivity index (χ3n) is 1.76. The van der Waals surface area contributed by atoms with Crippen molar-refractivity contribution in [1.82, 2.24) is 4.98 Å². The first kappa shape index (κ1) is 8.13. The molecule has 1 radical (unpaired) electrons. The monoisotopic (exact) mass is 176 g/mol. The fraction of sp³-hybridized carbons (Fsp3) is 0.125. The maximum atomic E-state index is 8.39. The largest absolute Gasteiger partial charge is 0.571 e. The van der Waals surface area contributed by atoms with E-state index in [0.29, 0.717) is 13.3 Å². The highest BCUT2D eigenvalue weighted by atomic mass is 16.6. The van der Waals surface area contributed by atoms with E-state index in [2.05, 4.69) is 9.64 Å². The first-order valence-corrected chi connectivity index (χ1v) is 3.79. The Bertz CT molecular complexity index is 426. The van der Waals surface area contributed by atoms with Crippen LogP contribution in [0.4, 0.5) is 0 Å². The van der Waals surface area contributed by atoms with Gasteiger partial charge < -0.3 is 14.1 Å². The van der Waals surface area contributed by atoms with Crippen molar-refractivity contribution in [2.45, 2.75) is 6.92 Å². The first-order chi connectivity index (χ1) is 6.31. The highest BCUT2D eigenvalue weighted by Crippen LogP contribution is 2.25. The summed E-state index contributed by atoms with van der Waals surface area (Å²) in [6.07, 6.45) is 1.69. The number of aromatic nitrogens is 1. The van der Waals surface area contributed by atoms with Crippen LogP contribution in [0.2, 0.25) is 0 Å². The lowest BCUT2D eigenvalue weighted by Gasteiger charge is -1.92. The summed E-state index contributed by atoms with van der Waals surface area (Å²) in [7, 11) is 0.584. The van der Waals surface area contributed by atoms with E-state index in [1.165, 1.54) is 0 Å². The van der Waals surface area contributed by atoms with Gasteiger partial charge in [0.15, 0.2) is 5.58 Å². The third kappa shape index (κ3) is 1.38. The van der Waals surface area contributed by atoms with Crippen molar-refractivity contribution in [1.29, 1.82) is 0 Å². The lowest BCUT2D eigenvalue weighted by molar-refractivity contribution is 0.370. The SMILES string of the molecule is Cc1nccc2cc(O[B]O)oc12. The van der Waals surface area contributed by atoms with Gasteiger partial charge in [0.2, 0.25) is 0 Å². The average molecular weight is 176 g/mol. The van der Waals surface area contributed by atoms with E-state index in [1.54, 1.807) is 12.3 Å². The van der Waals surface area contributed by atoms with Crippen molar-refractivity contribution in [2.75, 3.05) is 0 Å². The van der Waals surface area contributed by atoms with Crippen molar-refractivity contribution in [3.63, 3.8) is 0 Å². The van der Waals surface area contributed by atoms with Crippen molar-refractivity contribution in [3.8, 4) is 5.95 Å². The fourth-order valence-electron chi connectivity index (χ4n) is 1.19. The number of fused-ring (bicyclic) bond motifs is 1. The van der Waals surface area contributed by atoms with Gasteiger partial charge in [0.25, 0.3) is 5.95 Å². The Morgan fingerprint density at radius 2 is 2.46 bits per heavy atom. The minimum atomic E-state index is 0.258. The average Bonchev–Trinajstić information content (AvgIpc) is 2.49. The minimum absolute atomic E-state index is 0.258. The second kappa shape index (κ2) is 3.10. The van der Waals surface area contributed by atoms with Gasteiger partial charge in [-0.25, -0.2) is 0 Å². The van der Waals surface area contributed by atoms with Crippen LogP contribution >= 0.6 is 0 Å². The molecule has 65 valence electrons. The van der Waals surface area contributed by atoms with Crippen LogP contribution in [0.15, 0.2) is 22.7 Å². The molecule has 2 heterocycles. The molecule has 0 aliphatic carbocycles. The van der Waals surface area contributed by atoms with Crippen molar-refractivity contribution < 1.29 is 14.1 Å². The molecule has 0 amide bonds. The molecule has 0 aliphatic rings. The summed E-state index contributed by atoms with van der Waals surface area (Å²) in [4.78, 5) is 4.06.